The van der Waals surface area contributed by atoms with Gasteiger partial charge < -0.3 is 9.47 Å². The Kier molecular flexibility index (Phi) is 8.06. The van der Waals surface area contributed by atoms with E-state index in [4.69, 9.17) is 0 Å². The minimum atomic E-state index is -4.30. The quantitative estimate of drug-likeness (QED) is 0.616. The number of aromatic nitrogens is 1. The zero-order valence-electron chi connectivity index (χ0n) is 17.1. The van der Waals surface area contributed by atoms with Crippen molar-refractivity contribution < 1.29 is 26.4 Å². The highest BCUT2D eigenvalue weighted by Gasteiger charge is 2.32. The normalized spacial score (nSPS) is 16.7. The third-order valence-corrected chi connectivity index (χ3v) is 6.98. The molecule has 8 nitrogen and oxygen atoms in total. The molecule has 1 fully saturated rings. The molecule has 2 heterocycles. The lowest BCUT2D eigenvalue weighted by molar-refractivity contribution is -0.145. The standard InChI is InChI=1S/C18H27F3N4O4S/c1-3-25(4-2)30(28,29)15-6-7-16(26)24(12-15)13-17(27)23-9-5-8-22(10-11-23)14-18(19,20)21/h6-7,12H,3-5,8-11,13-14H2,1-2H3. The second-order valence-corrected chi connectivity index (χ2v) is 8.98. The lowest BCUT2D eigenvalue weighted by atomic mass is 10.3. The van der Waals surface area contributed by atoms with Crippen molar-refractivity contribution in [3.05, 3.63) is 28.7 Å². The van der Waals surface area contributed by atoms with Crippen molar-refractivity contribution in [2.45, 2.75) is 37.9 Å². The highest BCUT2D eigenvalue weighted by atomic mass is 32.2. The zero-order valence-corrected chi connectivity index (χ0v) is 17.9. The molecule has 1 aromatic rings. The number of carbonyl (C=O) groups excluding carboxylic acids is 1. The topological polar surface area (TPSA) is 82.9 Å². The molecule has 0 saturated carbocycles. The summed E-state index contributed by atoms with van der Waals surface area (Å²) in [6.45, 7) is 3.21. The van der Waals surface area contributed by atoms with Gasteiger partial charge in [0.2, 0.25) is 15.9 Å². The third kappa shape index (κ3) is 6.29. The van der Waals surface area contributed by atoms with E-state index >= 15 is 0 Å². The van der Waals surface area contributed by atoms with Crippen LogP contribution in [0.5, 0.6) is 0 Å². The van der Waals surface area contributed by atoms with Gasteiger partial charge in [-0.25, -0.2) is 8.42 Å². The smallest absolute Gasteiger partial charge is 0.340 e. The Morgan fingerprint density at radius 3 is 2.37 bits per heavy atom. The molecule has 0 spiro atoms. The lowest BCUT2D eigenvalue weighted by Crippen LogP contribution is -2.40. The number of hydrogen-bond donors (Lipinski definition) is 0. The lowest BCUT2D eigenvalue weighted by Gasteiger charge is -2.23. The first-order chi connectivity index (χ1) is 14.0. The first-order valence-electron chi connectivity index (χ1n) is 9.75. The zero-order chi connectivity index (χ0) is 22.5. The maximum absolute atomic E-state index is 12.7. The van der Waals surface area contributed by atoms with Crippen LogP contribution in [0.3, 0.4) is 0 Å². The largest absolute Gasteiger partial charge is 0.401 e. The summed E-state index contributed by atoms with van der Waals surface area (Å²) in [5.41, 5.74) is -0.532. The summed E-state index contributed by atoms with van der Waals surface area (Å²) in [6.07, 6.45) is -2.78. The molecule has 0 unspecified atom stereocenters. The number of amides is 1. The van der Waals surface area contributed by atoms with Gasteiger partial charge in [0.05, 0.1) is 11.4 Å². The molecular formula is C18H27F3N4O4S. The number of pyridine rings is 1. The van der Waals surface area contributed by atoms with E-state index in [-0.39, 0.29) is 50.7 Å². The van der Waals surface area contributed by atoms with Crippen molar-refractivity contribution in [3.63, 3.8) is 0 Å². The van der Waals surface area contributed by atoms with Gasteiger partial charge in [-0.2, -0.15) is 17.5 Å². The molecule has 1 saturated heterocycles. The van der Waals surface area contributed by atoms with E-state index in [0.29, 0.717) is 6.42 Å². The van der Waals surface area contributed by atoms with Gasteiger partial charge in [0.15, 0.2) is 0 Å². The maximum Gasteiger partial charge on any atom is 0.401 e. The Bertz CT molecular complexity index is 897. The number of nitrogens with zero attached hydrogens (tertiary/aromatic N) is 4. The van der Waals surface area contributed by atoms with Crippen molar-refractivity contribution in [2.75, 3.05) is 45.8 Å². The molecule has 0 atom stereocenters. The van der Waals surface area contributed by atoms with Crippen molar-refractivity contribution in [3.8, 4) is 0 Å². The number of hydrogen-bond acceptors (Lipinski definition) is 5. The summed E-state index contributed by atoms with van der Waals surface area (Å²) in [5.74, 6) is -0.441. The van der Waals surface area contributed by atoms with Gasteiger partial charge in [-0.1, -0.05) is 13.8 Å². The molecule has 0 radical (unpaired) electrons. The number of sulfonamides is 1. The fraction of sp³-hybridized carbons (Fsp3) is 0.667. The second-order valence-electron chi connectivity index (χ2n) is 7.05. The van der Waals surface area contributed by atoms with E-state index in [2.05, 4.69) is 0 Å². The summed E-state index contributed by atoms with van der Waals surface area (Å²) in [5, 5.41) is 0. The number of alkyl halides is 3. The molecule has 0 bridgehead atoms. The molecule has 1 aliphatic rings. The fourth-order valence-corrected chi connectivity index (χ4v) is 4.85. The SMILES string of the molecule is CCN(CC)S(=O)(=O)c1ccc(=O)n(CC(=O)N2CCCN(CC(F)(F)F)CC2)c1. The van der Waals surface area contributed by atoms with Crippen LogP contribution < -0.4 is 5.56 Å². The van der Waals surface area contributed by atoms with E-state index in [1.54, 1.807) is 13.8 Å². The molecule has 0 aromatic carbocycles. The van der Waals surface area contributed by atoms with Crippen LogP contribution in [0.25, 0.3) is 0 Å². The average Bonchev–Trinajstić information content (AvgIpc) is 2.88. The minimum absolute atomic E-state index is 0.0799. The van der Waals surface area contributed by atoms with Crippen molar-refractivity contribution in [2.24, 2.45) is 0 Å². The number of halogens is 3. The predicted octanol–water partition coefficient (Wildman–Crippen LogP) is 0.975. The molecule has 1 aliphatic heterocycles. The molecule has 12 heteroatoms. The van der Waals surface area contributed by atoms with Gasteiger partial charge in [-0.15, -0.1) is 0 Å². The van der Waals surface area contributed by atoms with Crippen LogP contribution in [0.1, 0.15) is 20.3 Å². The van der Waals surface area contributed by atoms with E-state index in [1.807, 2.05) is 0 Å². The molecule has 1 amide bonds. The number of carbonyl (C=O) groups is 1. The highest BCUT2D eigenvalue weighted by molar-refractivity contribution is 7.89. The number of rotatable bonds is 7. The summed E-state index contributed by atoms with van der Waals surface area (Å²) in [6, 6.07) is 2.30. The molecule has 170 valence electrons. The second kappa shape index (κ2) is 9.92. The fourth-order valence-electron chi connectivity index (χ4n) is 3.38. The first kappa shape index (κ1) is 24.4. The monoisotopic (exact) mass is 452 g/mol. The van der Waals surface area contributed by atoms with Crippen LogP contribution in [0, 0.1) is 0 Å². The summed E-state index contributed by atoms with van der Waals surface area (Å²) >= 11 is 0. The molecule has 0 aliphatic carbocycles. The van der Waals surface area contributed by atoms with E-state index in [0.717, 1.165) is 16.8 Å². The molecule has 2 rings (SSSR count). The molecular weight excluding hydrogens is 425 g/mol. The van der Waals surface area contributed by atoms with Crippen molar-refractivity contribution in [1.82, 2.24) is 18.7 Å². The Labute approximate surface area is 173 Å². The summed E-state index contributed by atoms with van der Waals surface area (Å²) < 4.78 is 65.4. The third-order valence-electron chi connectivity index (χ3n) is 4.95. The predicted molar refractivity (Wildman–Crippen MR) is 105 cm³/mol. The van der Waals surface area contributed by atoms with Crippen LogP contribution >= 0.6 is 0 Å². The van der Waals surface area contributed by atoms with Gasteiger partial charge in [0.25, 0.3) is 5.56 Å². The van der Waals surface area contributed by atoms with Crippen LogP contribution in [-0.2, 0) is 21.4 Å². The average molecular weight is 452 g/mol. The molecule has 1 aromatic heterocycles. The van der Waals surface area contributed by atoms with Crippen LogP contribution in [-0.4, -0.2) is 85.0 Å². The van der Waals surface area contributed by atoms with E-state index in [9.17, 15) is 31.2 Å². The Morgan fingerprint density at radius 2 is 1.77 bits per heavy atom. The van der Waals surface area contributed by atoms with Crippen LogP contribution in [0.2, 0.25) is 0 Å². The minimum Gasteiger partial charge on any atom is -0.340 e. The van der Waals surface area contributed by atoms with Crippen LogP contribution in [0.4, 0.5) is 13.2 Å². The summed E-state index contributed by atoms with van der Waals surface area (Å²) in [7, 11) is -3.80. The maximum atomic E-state index is 12.7. The van der Waals surface area contributed by atoms with Crippen molar-refractivity contribution in [1.29, 1.82) is 0 Å². The van der Waals surface area contributed by atoms with Crippen LogP contribution in [0.15, 0.2) is 28.0 Å². The molecule has 30 heavy (non-hydrogen) atoms. The highest BCUT2D eigenvalue weighted by Crippen LogP contribution is 2.18. The Balaban J connectivity index is 2.13. The van der Waals surface area contributed by atoms with Gasteiger partial charge in [-0.05, 0) is 12.5 Å². The molecule has 0 N–H and O–H groups in total. The summed E-state index contributed by atoms with van der Waals surface area (Å²) in [4.78, 5) is 27.4. The van der Waals surface area contributed by atoms with Gasteiger partial charge in [-0.3, -0.25) is 14.5 Å². The van der Waals surface area contributed by atoms with Crippen molar-refractivity contribution >= 4 is 15.9 Å². The van der Waals surface area contributed by atoms with Gasteiger partial charge in [0.1, 0.15) is 6.54 Å². The Morgan fingerprint density at radius 1 is 1.10 bits per heavy atom. The van der Waals surface area contributed by atoms with E-state index < -0.39 is 34.2 Å². The first-order valence-corrected chi connectivity index (χ1v) is 11.2. The van der Waals surface area contributed by atoms with Gasteiger partial charge >= 0.3 is 6.18 Å². The van der Waals surface area contributed by atoms with Gasteiger partial charge in [0, 0.05) is 51.5 Å². The van der Waals surface area contributed by atoms with E-state index in [1.165, 1.54) is 20.2 Å². The Hall–Kier alpha value is -1.92.